The highest BCUT2D eigenvalue weighted by molar-refractivity contribution is 7.99. The van der Waals surface area contributed by atoms with Gasteiger partial charge in [-0.1, -0.05) is 23.9 Å². The van der Waals surface area contributed by atoms with Crippen molar-refractivity contribution in [3.63, 3.8) is 0 Å². The first-order valence-electron chi connectivity index (χ1n) is 10.4. The lowest BCUT2D eigenvalue weighted by molar-refractivity contribution is -0.127. The Hall–Kier alpha value is -2.87. The lowest BCUT2D eigenvalue weighted by atomic mass is 10.2. The lowest BCUT2D eigenvalue weighted by Crippen LogP contribution is -2.30. The molecule has 0 radical (unpaired) electrons. The summed E-state index contributed by atoms with van der Waals surface area (Å²) in [6.07, 6.45) is 2.38. The quantitative estimate of drug-likeness (QED) is 0.461. The Morgan fingerprint density at radius 1 is 1.19 bits per heavy atom. The van der Waals surface area contributed by atoms with Gasteiger partial charge < -0.3 is 9.64 Å². The minimum absolute atomic E-state index is 0.0302. The van der Waals surface area contributed by atoms with Crippen molar-refractivity contribution in [3.05, 3.63) is 54.3 Å². The molecule has 31 heavy (non-hydrogen) atoms. The van der Waals surface area contributed by atoms with Crippen molar-refractivity contribution in [2.45, 2.75) is 24.9 Å². The van der Waals surface area contributed by atoms with E-state index >= 15 is 0 Å². The second-order valence-electron chi connectivity index (χ2n) is 7.56. The second kappa shape index (κ2) is 9.51. The monoisotopic (exact) mass is 440 g/mol. The first kappa shape index (κ1) is 21.4. The fourth-order valence-corrected chi connectivity index (χ4v) is 4.18. The predicted molar refractivity (Wildman–Crippen MR) is 119 cm³/mol. The van der Waals surface area contributed by atoms with Gasteiger partial charge in [0.15, 0.2) is 11.0 Å². The van der Waals surface area contributed by atoms with E-state index in [-0.39, 0.29) is 17.5 Å². The van der Waals surface area contributed by atoms with Crippen LogP contribution >= 0.6 is 11.8 Å². The average Bonchev–Trinajstić information content (AvgIpc) is 3.49. The number of carbonyl (C=O) groups excluding carboxylic acids is 1. The van der Waals surface area contributed by atoms with Gasteiger partial charge in [-0.2, -0.15) is 0 Å². The van der Waals surface area contributed by atoms with Crippen molar-refractivity contribution in [2.24, 2.45) is 5.92 Å². The van der Waals surface area contributed by atoms with Gasteiger partial charge in [0.25, 0.3) is 0 Å². The van der Waals surface area contributed by atoms with E-state index < -0.39 is 0 Å². The van der Waals surface area contributed by atoms with Crippen LogP contribution in [-0.2, 0) is 4.79 Å². The molecule has 4 rings (SSSR count). The van der Waals surface area contributed by atoms with Crippen molar-refractivity contribution in [3.8, 4) is 22.8 Å². The van der Waals surface area contributed by atoms with Gasteiger partial charge in [0.05, 0.1) is 18.0 Å². The molecule has 162 valence electrons. The molecule has 1 fully saturated rings. The van der Waals surface area contributed by atoms with Crippen molar-refractivity contribution in [1.82, 2.24) is 19.7 Å². The molecule has 1 aliphatic rings. The Bertz CT molecular complexity index is 1050. The SMILES string of the molecule is CCOc1ccc(-c2nnc(SCC(=O)N(C)CC3CC3)n2-c2ccccc2F)cc1. The maximum Gasteiger partial charge on any atom is 0.232 e. The minimum Gasteiger partial charge on any atom is -0.494 e. The molecule has 0 unspecified atom stereocenters. The molecule has 0 aliphatic heterocycles. The van der Waals surface area contributed by atoms with Crippen molar-refractivity contribution >= 4 is 17.7 Å². The number of thioether (sulfide) groups is 1. The van der Waals surface area contributed by atoms with E-state index in [1.807, 2.05) is 38.2 Å². The summed E-state index contributed by atoms with van der Waals surface area (Å²) in [6.45, 7) is 3.29. The van der Waals surface area contributed by atoms with Crippen molar-refractivity contribution in [2.75, 3.05) is 26.0 Å². The first-order chi connectivity index (χ1) is 15.1. The highest BCUT2D eigenvalue weighted by Gasteiger charge is 2.25. The second-order valence-corrected chi connectivity index (χ2v) is 8.50. The van der Waals surface area contributed by atoms with E-state index in [2.05, 4.69) is 10.2 Å². The summed E-state index contributed by atoms with van der Waals surface area (Å²) in [5, 5.41) is 9.08. The predicted octanol–water partition coefficient (Wildman–Crippen LogP) is 4.43. The summed E-state index contributed by atoms with van der Waals surface area (Å²) >= 11 is 1.27. The number of hydrogen-bond donors (Lipinski definition) is 0. The number of para-hydroxylation sites is 1. The minimum atomic E-state index is -0.381. The van der Waals surface area contributed by atoms with Gasteiger partial charge in [0.2, 0.25) is 5.91 Å². The molecule has 0 bridgehead atoms. The Kier molecular flexibility index (Phi) is 6.56. The fraction of sp³-hybridized carbons (Fsp3) is 0.348. The van der Waals surface area contributed by atoms with Crippen LogP contribution < -0.4 is 4.74 Å². The van der Waals surface area contributed by atoms with E-state index in [1.165, 1.54) is 30.7 Å². The van der Waals surface area contributed by atoms with Gasteiger partial charge in [-0.3, -0.25) is 9.36 Å². The maximum absolute atomic E-state index is 14.7. The van der Waals surface area contributed by atoms with E-state index in [1.54, 1.807) is 27.7 Å². The molecule has 1 amide bonds. The lowest BCUT2D eigenvalue weighted by Gasteiger charge is -2.16. The average molecular weight is 441 g/mol. The van der Waals surface area contributed by atoms with Gasteiger partial charge in [0, 0.05) is 19.2 Å². The summed E-state index contributed by atoms with van der Waals surface area (Å²) in [5.41, 5.74) is 1.13. The third kappa shape index (κ3) is 5.07. The van der Waals surface area contributed by atoms with E-state index in [4.69, 9.17) is 4.74 Å². The van der Waals surface area contributed by atoms with Crippen LogP contribution in [0.4, 0.5) is 4.39 Å². The molecule has 0 N–H and O–H groups in total. The molecule has 6 nitrogen and oxygen atoms in total. The summed E-state index contributed by atoms with van der Waals surface area (Å²) in [6, 6.07) is 13.9. The fourth-order valence-electron chi connectivity index (χ4n) is 3.29. The number of carbonyl (C=O) groups is 1. The summed E-state index contributed by atoms with van der Waals surface area (Å²) < 4.78 is 21.9. The van der Waals surface area contributed by atoms with Crippen LogP contribution in [0.2, 0.25) is 0 Å². The van der Waals surface area contributed by atoms with E-state index in [0.29, 0.717) is 29.2 Å². The molecule has 0 saturated heterocycles. The number of nitrogens with zero attached hydrogens (tertiary/aromatic N) is 4. The van der Waals surface area contributed by atoms with Gasteiger partial charge in [0.1, 0.15) is 11.6 Å². The molecular formula is C23H25FN4O2S. The van der Waals surface area contributed by atoms with Crippen LogP contribution in [0.1, 0.15) is 19.8 Å². The summed E-state index contributed by atoms with van der Waals surface area (Å²) in [7, 11) is 1.83. The highest BCUT2D eigenvalue weighted by Crippen LogP contribution is 2.31. The zero-order valence-electron chi connectivity index (χ0n) is 17.6. The number of aromatic nitrogens is 3. The zero-order valence-corrected chi connectivity index (χ0v) is 18.4. The van der Waals surface area contributed by atoms with Gasteiger partial charge in [-0.05, 0) is 62.1 Å². The number of halogens is 1. The van der Waals surface area contributed by atoms with Crippen LogP contribution in [-0.4, -0.2) is 51.5 Å². The van der Waals surface area contributed by atoms with Crippen LogP contribution in [0.25, 0.3) is 17.1 Å². The number of ether oxygens (including phenoxy) is 1. The largest absolute Gasteiger partial charge is 0.494 e. The Balaban J connectivity index is 1.62. The summed E-state index contributed by atoms with van der Waals surface area (Å²) in [5.74, 6) is 1.76. The molecule has 1 saturated carbocycles. The Labute approximate surface area is 185 Å². The van der Waals surface area contributed by atoms with Crippen LogP contribution in [0.15, 0.2) is 53.7 Å². The topological polar surface area (TPSA) is 60.3 Å². The highest BCUT2D eigenvalue weighted by atomic mass is 32.2. The number of hydrogen-bond acceptors (Lipinski definition) is 5. The molecule has 8 heteroatoms. The normalized spacial score (nSPS) is 13.3. The standard InChI is InChI=1S/C23H25FN4O2S/c1-3-30-18-12-10-17(11-13-18)22-25-26-23(28(22)20-7-5-4-6-19(20)24)31-15-21(29)27(2)14-16-8-9-16/h4-7,10-13,16H,3,8-9,14-15H2,1-2H3. The number of rotatable bonds is 9. The number of benzene rings is 2. The molecule has 3 aromatic rings. The van der Waals surface area contributed by atoms with E-state index in [9.17, 15) is 9.18 Å². The van der Waals surface area contributed by atoms with Crippen molar-refractivity contribution in [1.29, 1.82) is 0 Å². The molecule has 2 aromatic carbocycles. The zero-order chi connectivity index (χ0) is 21.8. The Morgan fingerprint density at radius 2 is 1.94 bits per heavy atom. The smallest absolute Gasteiger partial charge is 0.232 e. The number of amides is 1. The summed E-state index contributed by atoms with van der Waals surface area (Å²) in [4.78, 5) is 14.3. The molecule has 1 aliphatic carbocycles. The molecule has 1 aromatic heterocycles. The molecule has 0 spiro atoms. The maximum atomic E-state index is 14.7. The third-order valence-electron chi connectivity index (χ3n) is 5.13. The van der Waals surface area contributed by atoms with E-state index in [0.717, 1.165) is 17.9 Å². The van der Waals surface area contributed by atoms with Gasteiger partial charge in [-0.25, -0.2) is 4.39 Å². The Morgan fingerprint density at radius 3 is 2.61 bits per heavy atom. The van der Waals surface area contributed by atoms with Gasteiger partial charge >= 0.3 is 0 Å². The van der Waals surface area contributed by atoms with Crippen LogP contribution in [0, 0.1) is 11.7 Å². The van der Waals surface area contributed by atoms with Crippen LogP contribution in [0.5, 0.6) is 5.75 Å². The molecule has 1 heterocycles. The van der Waals surface area contributed by atoms with Crippen LogP contribution in [0.3, 0.4) is 0 Å². The first-order valence-corrected chi connectivity index (χ1v) is 11.4. The third-order valence-corrected chi connectivity index (χ3v) is 6.04. The van der Waals surface area contributed by atoms with Crippen molar-refractivity contribution < 1.29 is 13.9 Å². The molecule has 0 atom stereocenters. The van der Waals surface area contributed by atoms with Gasteiger partial charge in [-0.15, -0.1) is 10.2 Å². The molecular weight excluding hydrogens is 415 g/mol.